The first-order valence-corrected chi connectivity index (χ1v) is 33.6. The van der Waals surface area contributed by atoms with Gasteiger partial charge in [0, 0.05) is 6.42 Å². The molecule has 2 aliphatic rings. The average molecular weight is 1220 g/mol. The van der Waals surface area contributed by atoms with Crippen LogP contribution in [0.5, 0.6) is 0 Å². The summed E-state index contributed by atoms with van der Waals surface area (Å²) in [5.41, 5.74) is 0. The lowest BCUT2D eigenvalue weighted by atomic mass is 9.97. The molecule has 87 heavy (non-hydrogen) atoms. The summed E-state index contributed by atoms with van der Waals surface area (Å²) in [7, 11) is 0. The van der Waals surface area contributed by atoms with Crippen molar-refractivity contribution in [1.29, 1.82) is 0 Å². The Balaban J connectivity index is 1.71. The van der Waals surface area contributed by atoms with Gasteiger partial charge in [0.25, 0.3) is 0 Å². The van der Waals surface area contributed by atoms with Crippen molar-refractivity contribution in [2.45, 2.75) is 286 Å². The van der Waals surface area contributed by atoms with Crippen molar-refractivity contribution in [1.82, 2.24) is 5.32 Å². The standard InChI is InChI=1S/C73H119NO13/c1-3-5-7-9-11-13-15-17-19-21-23-24-25-26-27-28-29-30-31-32-33-34-35-36-37-38-39-41-43-45-47-49-51-53-55-57-65(78)74-61(62(77)56-54-52-50-48-46-44-42-40-22-20-18-16-14-12-10-8-6-4-2)60-84-72-70(83)68(81)71(64(59-76)86-72)87-73-69(82)67(80)66(79)63(58-75)85-73/h5,7,11,13,17,19,22-24,26-27,29-30,32-33,35-36,38-40,46,48,54,56,61-64,66-73,75-77,79-83H,3-4,6,8-10,12,14-16,18,20-21,25,28,31,34,37,41-45,47,49-53,55,57-60H2,1-2H3,(H,74,78)/b7-5-,13-11-,19-17-,24-23-,27-26-,30-29-,33-32-,36-35-,39-38-,40-22+,48-46+,56-54+. The molecule has 2 aliphatic heterocycles. The number of carbonyl (C=O) groups is 1. The van der Waals surface area contributed by atoms with Gasteiger partial charge in [0.1, 0.15) is 48.8 Å². The summed E-state index contributed by atoms with van der Waals surface area (Å²) in [5.74, 6) is -0.271. The number of rotatable bonds is 52. The van der Waals surface area contributed by atoms with Gasteiger partial charge in [-0.2, -0.15) is 0 Å². The Hall–Kier alpha value is -4.13. The quantitative estimate of drug-likeness (QED) is 0.0204. The number of ether oxygens (including phenoxy) is 4. The monoisotopic (exact) mass is 1220 g/mol. The number of hydrogen-bond acceptors (Lipinski definition) is 13. The predicted molar refractivity (Wildman–Crippen MR) is 354 cm³/mol. The Bertz CT molecular complexity index is 2020. The number of hydrogen-bond donors (Lipinski definition) is 9. The van der Waals surface area contributed by atoms with Crippen molar-refractivity contribution < 1.29 is 64.6 Å². The molecule has 1 amide bonds. The molecule has 0 radical (unpaired) electrons. The predicted octanol–water partition coefficient (Wildman–Crippen LogP) is 13.3. The molecule has 0 saturated carbocycles. The zero-order valence-corrected chi connectivity index (χ0v) is 53.4. The third-order valence-electron chi connectivity index (χ3n) is 15.2. The molecular weight excluding hydrogens is 1100 g/mol. The van der Waals surface area contributed by atoms with Gasteiger partial charge >= 0.3 is 0 Å². The highest BCUT2D eigenvalue weighted by atomic mass is 16.7. The van der Waals surface area contributed by atoms with E-state index in [-0.39, 0.29) is 18.9 Å². The zero-order valence-electron chi connectivity index (χ0n) is 53.4. The molecule has 2 saturated heterocycles. The van der Waals surface area contributed by atoms with Gasteiger partial charge in [-0.05, 0) is 116 Å². The summed E-state index contributed by atoms with van der Waals surface area (Å²) in [5, 5.41) is 87.2. The van der Waals surface area contributed by atoms with E-state index in [1.165, 1.54) is 51.4 Å². The minimum absolute atomic E-state index is 0.247. The van der Waals surface area contributed by atoms with Crippen molar-refractivity contribution >= 4 is 5.91 Å². The maximum atomic E-state index is 13.3. The van der Waals surface area contributed by atoms with E-state index in [1.807, 2.05) is 6.08 Å². The molecule has 2 rings (SSSR count). The van der Waals surface area contributed by atoms with Crippen molar-refractivity contribution in [2.75, 3.05) is 19.8 Å². The number of unbranched alkanes of at least 4 members (excludes halogenated alkanes) is 17. The highest BCUT2D eigenvalue weighted by Gasteiger charge is 2.51. The maximum Gasteiger partial charge on any atom is 0.220 e. The van der Waals surface area contributed by atoms with Crippen LogP contribution in [0.2, 0.25) is 0 Å². The number of allylic oxidation sites excluding steroid dienone is 23. The van der Waals surface area contributed by atoms with Crippen LogP contribution in [0.25, 0.3) is 0 Å². The molecule has 0 spiro atoms. The molecule has 0 aromatic carbocycles. The number of nitrogens with one attached hydrogen (secondary N) is 1. The second-order valence-electron chi connectivity index (χ2n) is 22.8. The Morgan fingerprint density at radius 1 is 0.425 bits per heavy atom. The molecule has 2 fully saturated rings. The van der Waals surface area contributed by atoms with Gasteiger partial charge in [-0.1, -0.05) is 237 Å². The van der Waals surface area contributed by atoms with Gasteiger partial charge in [0.05, 0.1) is 32.0 Å². The Labute approximate surface area is 525 Å². The molecule has 14 heteroatoms. The number of amides is 1. The molecule has 14 nitrogen and oxygen atoms in total. The minimum Gasteiger partial charge on any atom is -0.394 e. The lowest BCUT2D eigenvalue weighted by molar-refractivity contribution is -0.359. The Kier molecular flexibility index (Phi) is 50.7. The van der Waals surface area contributed by atoms with Crippen LogP contribution in [0.1, 0.15) is 213 Å². The van der Waals surface area contributed by atoms with Crippen LogP contribution >= 0.6 is 0 Å². The summed E-state index contributed by atoms with van der Waals surface area (Å²) < 4.78 is 22.8. The molecule has 494 valence electrons. The van der Waals surface area contributed by atoms with Crippen molar-refractivity contribution in [2.24, 2.45) is 0 Å². The van der Waals surface area contributed by atoms with Gasteiger partial charge in [-0.3, -0.25) is 4.79 Å². The van der Waals surface area contributed by atoms with Gasteiger partial charge in [0.2, 0.25) is 5.91 Å². The van der Waals surface area contributed by atoms with Crippen LogP contribution in [0.15, 0.2) is 146 Å². The molecule has 0 aromatic rings. The second-order valence-corrected chi connectivity index (χ2v) is 22.8. The summed E-state index contributed by atoms with van der Waals surface area (Å²) in [4.78, 5) is 13.3. The van der Waals surface area contributed by atoms with E-state index in [1.54, 1.807) is 6.08 Å². The van der Waals surface area contributed by atoms with Crippen LogP contribution < -0.4 is 5.32 Å². The van der Waals surface area contributed by atoms with E-state index in [0.29, 0.717) is 12.8 Å². The zero-order chi connectivity index (χ0) is 63.1. The molecule has 0 aliphatic carbocycles. The fourth-order valence-electron chi connectivity index (χ4n) is 9.90. The van der Waals surface area contributed by atoms with E-state index >= 15 is 0 Å². The first-order valence-electron chi connectivity index (χ1n) is 33.6. The summed E-state index contributed by atoms with van der Waals surface area (Å²) in [6.45, 7) is 2.63. The van der Waals surface area contributed by atoms with E-state index in [2.05, 4.69) is 153 Å². The minimum atomic E-state index is -1.80. The van der Waals surface area contributed by atoms with Gasteiger partial charge in [-0.15, -0.1) is 0 Å². The fraction of sp³-hybridized carbons (Fsp3) is 0.658. The van der Waals surface area contributed by atoms with E-state index in [9.17, 15) is 45.6 Å². The summed E-state index contributed by atoms with van der Waals surface area (Å²) in [6, 6.07) is -0.956. The molecule has 12 unspecified atom stereocenters. The Morgan fingerprint density at radius 3 is 1.26 bits per heavy atom. The lowest BCUT2D eigenvalue weighted by Gasteiger charge is -2.46. The number of carbonyl (C=O) groups excluding carboxylic acids is 1. The third kappa shape index (κ3) is 40.3. The lowest BCUT2D eigenvalue weighted by Crippen LogP contribution is -2.65. The Morgan fingerprint density at radius 2 is 0.805 bits per heavy atom. The topological polar surface area (TPSA) is 228 Å². The largest absolute Gasteiger partial charge is 0.394 e. The smallest absolute Gasteiger partial charge is 0.220 e. The molecule has 12 atom stereocenters. The molecular formula is C73H119NO13. The first kappa shape index (κ1) is 79.0. The van der Waals surface area contributed by atoms with E-state index in [0.717, 1.165) is 128 Å². The highest BCUT2D eigenvalue weighted by molar-refractivity contribution is 5.76. The molecule has 2 heterocycles. The van der Waals surface area contributed by atoms with E-state index < -0.39 is 86.8 Å². The normalized spacial score (nSPS) is 24.3. The van der Waals surface area contributed by atoms with Crippen molar-refractivity contribution in [3.05, 3.63) is 146 Å². The van der Waals surface area contributed by atoms with Crippen LogP contribution in [0.4, 0.5) is 0 Å². The van der Waals surface area contributed by atoms with Crippen LogP contribution in [-0.2, 0) is 23.7 Å². The van der Waals surface area contributed by atoms with Crippen LogP contribution in [-0.4, -0.2) is 140 Å². The average Bonchev–Trinajstić information content (AvgIpc) is 3.71. The number of aliphatic hydroxyl groups excluding tert-OH is 8. The van der Waals surface area contributed by atoms with Gasteiger partial charge in [0.15, 0.2) is 12.6 Å². The van der Waals surface area contributed by atoms with Crippen molar-refractivity contribution in [3.8, 4) is 0 Å². The molecule has 9 N–H and O–H groups in total. The fourth-order valence-corrected chi connectivity index (χ4v) is 9.90. The maximum absolute atomic E-state index is 13.3. The molecule has 0 aromatic heterocycles. The highest BCUT2D eigenvalue weighted by Crippen LogP contribution is 2.30. The third-order valence-corrected chi connectivity index (χ3v) is 15.2. The molecule has 0 bridgehead atoms. The van der Waals surface area contributed by atoms with Crippen LogP contribution in [0, 0.1) is 0 Å². The SMILES string of the molecule is CC/C=C\C/C=C\C/C=C\C/C=C\C/C=C\C/C=C\C/C=C\C/C=C\C/C=C\CCCCCCCCCC(=O)NC(COC1OC(CO)C(OC2OC(CO)C(O)C(O)C2O)C(O)C1O)C(O)/C=C/CC/C=C/CC/C=C/CCCCCCCCCC. The van der Waals surface area contributed by atoms with Crippen molar-refractivity contribution in [3.63, 3.8) is 0 Å². The van der Waals surface area contributed by atoms with E-state index in [4.69, 9.17) is 18.9 Å². The summed E-state index contributed by atoms with van der Waals surface area (Å²) >= 11 is 0. The number of aliphatic hydroxyl groups is 8. The van der Waals surface area contributed by atoms with Gasteiger partial charge in [-0.25, -0.2) is 0 Å². The first-order chi connectivity index (χ1) is 42.6. The second kappa shape index (κ2) is 55.9. The van der Waals surface area contributed by atoms with Crippen LogP contribution in [0.3, 0.4) is 0 Å². The van der Waals surface area contributed by atoms with Gasteiger partial charge < -0.3 is 65.1 Å². The summed E-state index contributed by atoms with van der Waals surface area (Å²) in [6.07, 6.45) is 67.4.